The van der Waals surface area contributed by atoms with Crippen LogP contribution in [0.15, 0.2) is 12.5 Å². The lowest BCUT2D eigenvalue weighted by molar-refractivity contribution is -0.114. The molecule has 0 aliphatic heterocycles. The van der Waals surface area contributed by atoms with E-state index < -0.39 is 0 Å². The minimum atomic E-state index is -0.231. The second kappa shape index (κ2) is 9.56. The number of carbonyl (C=O) groups excluding carboxylic acids is 1. The molecular formula is C17H27N5O4. The first-order valence-electron chi connectivity index (χ1n) is 8.65. The Labute approximate surface area is 153 Å². The summed E-state index contributed by atoms with van der Waals surface area (Å²) < 4.78 is 19.0. The number of carbonyl (C=O) groups is 1. The molecule has 0 fully saturated rings. The Balaban J connectivity index is 2.01. The average molecular weight is 365 g/mol. The number of hydrogen-bond acceptors (Lipinski definition) is 7. The number of nitrogens with zero attached hydrogens (tertiary/aromatic N) is 4. The summed E-state index contributed by atoms with van der Waals surface area (Å²) in [6.07, 6.45) is 3.27. The lowest BCUT2D eigenvalue weighted by Gasteiger charge is -2.21. The number of aromatic nitrogens is 4. The summed E-state index contributed by atoms with van der Waals surface area (Å²) >= 11 is 0. The highest BCUT2D eigenvalue weighted by atomic mass is 16.6. The topological polar surface area (TPSA) is 100 Å². The first kappa shape index (κ1) is 20.2. The van der Waals surface area contributed by atoms with Crippen molar-refractivity contribution in [3.8, 4) is 0 Å². The molecule has 0 aliphatic carbocycles. The van der Waals surface area contributed by atoms with Crippen LogP contribution in [0.5, 0.6) is 0 Å². The van der Waals surface area contributed by atoms with Gasteiger partial charge in [-0.3, -0.25) is 10.1 Å². The van der Waals surface area contributed by atoms with Crippen LogP contribution in [0.25, 0.3) is 11.2 Å². The highest BCUT2D eigenvalue weighted by Gasteiger charge is 2.14. The zero-order chi connectivity index (χ0) is 19.1. The lowest BCUT2D eigenvalue weighted by Crippen LogP contribution is -2.29. The van der Waals surface area contributed by atoms with Gasteiger partial charge in [-0.2, -0.15) is 4.98 Å². The van der Waals surface area contributed by atoms with E-state index in [4.69, 9.17) is 14.2 Å². The molecule has 0 atom stereocenters. The minimum absolute atomic E-state index is 0.120. The normalized spacial score (nSPS) is 11.8. The van der Waals surface area contributed by atoms with E-state index in [1.807, 2.05) is 27.7 Å². The Bertz CT molecular complexity index is 704. The molecule has 2 heterocycles. The van der Waals surface area contributed by atoms with Crippen molar-refractivity contribution in [1.29, 1.82) is 0 Å². The van der Waals surface area contributed by atoms with Gasteiger partial charge in [-0.15, -0.1) is 0 Å². The van der Waals surface area contributed by atoms with E-state index in [2.05, 4.69) is 20.3 Å². The predicted octanol–water partition coefficient (Wildman–Crippen LogP) is 1.98. The number of amides is 1. The summed E-state index contributed by atoms with van der Waals surface area (Å²) in [5, 5.41) is 2.54. The molecule has 144 valence electrons. The number of anilines is 1. The second-order valence-electron chi connectivity index (χ2n) is 6.48. The monoisotopic (exact) mass is 365 g/mol. The molecule has 0 radical (unpaired) electrons. The average Bonchev–Trinajstić information content (AvgIpc) is 2.95. The third kappa shape index (κ3) is 6.32. The van der Waals surface area contributed by atoms with Gasteiger partial charge >= 0.3 is 0 Å². The van der Waals surface area contributed by atoms with Crippen molar-refractivity contribution >= 4 is 23.0 Å². The number of fused-ring (bicyclic) bond motifs is 1. The van der Waals surface area contributed by atoms with Gasteiger partial charge in [-0.25, -0.2) is 9.97 Å². The standard InChI is InChI=1S/C17H27N5O4/c1-11(2)24-7-14(8-25-12(3)4)26-10-22-9-19-16-15(22)6-18-17(21-16)20-13(5)23/h6,9,11-12,14H,7-8,10H2,1-5H3,(H,18,20,21,23). The molecule has 2 aromatic rings. The van der Waals surface area contributed by atoms with Crippen molar-refractivity contribution in [3.63, 3.8) is 0 Å². The molecule has 9 nitrogen and oxygen atoms in total. The quantitative estimate of drug-likeness (QED) is 0.687. The van der Waals surface area contributed by atoms with E-state index >= 15 is 0 Å². The second-order valence-corrected chi connectivity index (χ2v) is 6.48. The fourth-order valence-electron chi connectivity index (χ4n) is 2.10. The van der Waals surface area contributed by atoms with Crippen molar-refractivity contribution in [2.75, 3.05) is 18.5 Å². The van der Waals surface area contributed by atoms with Crippen LogP contribution in [0.3, 0.4) is 0 Å². The summed E-state index contributed by atoms with van der Waals surface area (Å²) in [6.45, 7) is 10.5. The highest BCUT2D eigenvalue weighted by molar-refractivity contribution is 5.87. The van der Waals surface area contributed by atoms with Crippen molar-refractivity contribution in [1.82, 2.24) is 19.5 Å². The van der Waals surface area contributed by atoms with Crippen LogP contribution in [0.2, 0.25) is 0 Å². The highest BCUT2D eigenvalue weighted by Crippen LogP contribution is 2.12. The molecule has 1 N–H and O–H groups in total. The molecule has 0 unspecified atom stereocenters. The van der Waals surface area contributed by atoms with Crippen LogP contribution in [0.4, 0.5) is 5.95 Å². The molecule has 2 aromatic heterocycles. The number of imidazole rings is 1. The molecule has 0 aliphatic rings. The first-order chi connectivity index (χ1) is 12.3. The Kier molecular flexibility index (Phi) is 7.43. The molecule has 9 heteroatoms. The first-order valence-corrected chi connectivity index (χ1v) is 8.65. The van der Waals surface area contributed by atoms with Crippen molar-refractivity contribution in [2.24, 2.45) is 0 Å². The molecule has 0 saturated heterocycles. The van der Waals surface area contributed by atoms with Gasteiger partial charge in [0.2, 0.25) is 11.9 Å². The van der Waals surface area contributed by atoms with Gasteiger partial charge in [0.15, 0.2) is 5.65 Å². The van der Waals surface area contributed by atoms with Gasteiger partial charge in [0.1, 0.15) is 18.4 Å². The van der Waals surface area contributed by atoms with Crippen molar-refractivity contribution in [3.05, 3.63) is 12.5 Å². The molecule has 26 heavy (non-hydrogen) atoms. The van der Waals surface area contributed by atoms with Crippen molar-refractivity contribution in [2.45, 2.75) is 59.7 Å². The smallest absolute Gasteiger partial charge is 0.231 e. The largest absolute Gasteiger partial charge is 0.376 e. The number of ether oxygens (including phenoxy) is 3. The van der Waals surface area contributed by atoms with E-state index in [0.29, 0.717) is 24.4 Å². The van der Waals surface area contributed by atoms with E-state index in [9.17, 15) is 4.79 Å². The van der Waals surface area contributed by atoms with Crippen molar-refractivity contribution < 1.29 is 19.0 Å². The Morgan fingerprint density at radius 2 is 1.77 bits per heavy atom. The van der Waals surface area contributed by atoms with E-state index in [0.717, 1.165) is 0 Å². The van der Waals surface area contributed by atoms with Crippen LogP contribution in [-0.2, 0) is 25.7 Å². The molecule has 0 spiro atoms. The Morgan fingerprint density at radius 3 is 2.35 bits per heavy atom. The molecular weight excluding hydrogens is 338 g/mol. The third-order valence-electron chi connectivity index (χ3n) is 3.35. The van der Waals surface area contributed by atoms with Crippen LogP contribution in [0.1, 0.15) is 34.6 Å². The zero-order valence-corrected chi connectivity index (χ0v) is 15.9. The maximum Gasteiger partial charge on any atom is 0.231 e. The minimum Gasteiger partial charge on any atom is -0.376 e. The summed E-state index contributed by atoms with van der Waals surface area (Å²) in [5.41, 5.74) is 1.20. The fourth-order valence-corrected chi connectivity index (χ4v) is 2.10. The molecule has 1 amide bonds. The number of nitrogens with one attached hydrogen (secondary N) is 1. The molecule has 0 bridgehead atoms. The third-order valence-corrected chi connectivity index (χ3v) is 3.35. The van der Waals surface area contributed by atoms with Crippen LogP contribution in [0, 0.1) is 0 Å². The van der Waals surface area contributed by atoms with Crippen LogP contribution < -0.4 is 5.32 Å². The van der Waals surface area contributed by atoms with Crippen LogP contribution in [-0.4, -0.2) is 57.0 Å². The van der Waals surface area contributed by atoms with Gasteiger partial charge in [-0.1, -0.05) is 0 Å². The summed E-state index contributed by atoms with van der Waals surface area (Å²) in [5.74, 6) is -0.00465. The molecule has 0 saturated carbocycles. The van der Waals surface area contributed by atoms with Gasteiger partial charge in [0.25, 0.3) is 0 Å². The van der Waals surface area contributed by atoms with E-state index in [-0.39, 0.29) is 36.9 Å². The lowest BCUT2D eigenvalue weighted by atomic mass is 10.3. The SMILES string of the molecule is CC(=O)Nc1ncc2c(ncn2COC(COC(C)C)COC(C)C)n1. The van der Waals surface area contributed by atoms with E-state index in [1.54, 1.807) is 17.1 Å². The summed E-state index contributed by atoms with van der Waals surface area (Å²) in [4.78, 5) is 23.6. The summed E-state index contributed by atoms with van der Waals surface area (Å²) in [6, 6.07) is 0. The maximum absolute atomic E-state index is 11.1. The van der Waals surface area contributed by atoms with Gasteiger partial charge in [0.05, 0.1) is 37.9 Å². The van der Waals surface area contributed by atoms with Crippen LogP contribution >= 0.6 is 0 Å². The Hall–Kier alpha value is -2.10. The fraction of sp³-hybridized carbons (Fsp3) is 0.647. The number of rotatable bonds is 10. The maximum atomic E-state index is 11.1. The van der Waals surface area contributed by atoms with E-state index in [1.165, 1.54) is 6.92 Å². The number of hydrogen-bond donors (Lipinski definition) is 1. The molecule has 0 aromatic carbocycles. The van der Waals surface area contributed by atoms with Gasteiger partial charge < -0.3 is 18.8 Å². The Morgan fingerprint density at radius 1 is 1.12 bits per heavy atom. The van der Waals surface area contributed by atoms with Gasteiger partial charge in [-0.05, 0) is 27.7 Å². The predicted molar refractivity (Wildman–Crippen MR) is 96.7 cm³/mol. The van der Waals surface area contributed by atoms with Gasteiger partial charge in [0, 0.05) is 6.92 Å². The summed E-state index contributed by atoms with van der Waals surface area (Å²) in [7, 11) is 0. The zero-order valence-electron chi connectivity index (χ0n) is 15.9. The molecule has 2 rings (SSSR count).